The molecule has 0 aliphatic carbocycles. The van der Waals surface area contributed by atoms with E-state index in [1.54, 1.807) is 7.11 Å². The first-order valence-electron chi connectivity index (χ1n) is 9.35. The first-order chi connectivity index (χ1) is 12.8. The molecule has 0 aromatic heterocycles. The summed E-state index contributed by atoms with van der Waals surface area (Å²) >= 11 is 0. The van der Waals surface area contributed by atoms with Crippen LogP contribution in [0.4, 0.5) is 0 Å². The van der Waals surface area contributed by atoms with Gasteiger partial charge in [-0.2, -0.15) is 0 Å². The molecular weight excluding hydrogens is 320 g/mol. The first kappa shape index (κ1) is 17.1. The minimum atomic E-state index is 0.925. The summed E-state index contributed by atoms with van der Waals surface area (Å²) in [6, 6.07) is 23.9. The van der Waals surface area contributed by atoms with E-state index >= 15 is 0 Å². The topological polar surface area (TPSA) is 15.7 Å². The Labute approximate surface area is 155 Å². The highest BCUT2D eigenvalue weighted by Crippen LogP contribution is 2.18. The fourth-order valence-electron chi connectivity index (χ4n) is 3.69. The van der Waals surface area contributed by atoms with E-state index in [0.717, 1.165) is 45.0 Å². The summed E-state index contributed by atoms with van der Waals surface area (Å²) in [5, 5.41) is 2.66. The summed E-state index contributed by atoms with van der Waals surface area (Å²) < 4.78 is 5.24. The molecule has 1 aliphatic rings. The fraction of sp³-hybridized carbons (Fsp3) is 0.304. The largest absolute Gasteiger partial charge is 0.497 e. The van der Waals surface area contributed by atoms with E-state index in [1.165, 1.54) is 21.9 Å². The molecular formula is C23H26N2O. The number of piperazine rings is 1. The number of benzene rings is 3. The number of hydrogen-bond donors (Lipinski definition) is 0. The third-order valence-electron chi connectivity index (χ3n) is 5.25. The van der Waals surface area contributed by atoms with E-state index in [1.807, 2.05) is 12.1 Å². The molecule has 1 fully saturated rings. The fourth-order valence-corrected chi connectivity index (χ4v) is 3.69. The molecule has 3 aromatic carbocycles. The summed E-state index contributed by atoms with van der Waals surface area (Å²) in [4.78, 5) is 5.10. The van der Waals surface area contributed by atoms with Gasteiger partial charge in [-0.15, -0.1) is 0 Å². The van der Waals surface area contributed by atoms with Gasteiger partial charge in [-0.3, -0.25) is 9.80 Å². The molecule has 1 heterocycles. The Hall–Kier alpha value is -2.36. The van der Waals surface area contributed by atoms with Crippen molar-refractivity contribution in [2.24, 2.45) is 0 Å². The first-order valence-corrected chi connectivity index (χ1v) is 9.35. The Morgan fingerprint density at radius 1 is 0.692 bits per heavy atom. The lowest BCUT2D eigenvalue weighted by Gasteiger charge is -2.34. The van der Waals surface area contributed by atoms with Crippen molar-refractivity contribution >= 4 is 10.8 Å². The van der Waals surface area contributed by atoms with Crippen LogP contribution in [0.3, 0.4) is 0 Å². The van der Waals surface area contributed by atoms with Gasteiger partial charge < -0.3 is 4.74 Å². The second-order valence-corrected chi connectivity index (χ2v) is 7.08. The van der Waals surface area contributed by atoms with Crippen molar-refractivity contribution in [3.63, 3.8) is 0 Å². The molecule has 3 heteroatoms. The quantitative estimate of drug-likeness (QED) is 0.690. The Kier molecular flexibility index (Phi) is 5.19. The maximum Gasteiger partial charge on any atom is 0.118 e. The van der Waals surface area contributed by atoms with Crippen molar-refractivity contribution in [3.05, 3.63) is 77.9 Å². The minimum absolute atomic E-state index is 0.925. The lowest BCUT2D eigenvalue weighted by molar-refractivity contribution is 0.122. The molecule has 0 atom stereocenters. The Bertz CT molecular complexity index is 851. The third-order valence-corrected chi connectivity index (χ3v) is 5.25. The summed E-state index contributed by atoms with van der Waals surface area (Å²) in [7, 11) is 1.71. The molecule has 0 amide bonds. The normalized spacial score (nSPS) is 16.0. The van der Waals surface area contributed by atoms with Crippen molar-refractivity contribution in [2.45, 2.75) is 13.1 Å². The standard InChI is InChI=1S/C23H26N2O/c1-26-23-10-7-19(8-11-23)17-24-12-14-25(15-13-24)18-20-6-9-21-4-2-3-5-22(21)16-20/h2-11,16H,12-15,17-18H2,1H3. The van der Waals surface area contributed by atoms with Gasteiger partial charge >= 0.3 is 0 Å². The van der Waals surface area contributed by atoms with Gasteiger partial charge in [-0.25, -0.2) is 0 Å². The zero-order valence-electron chi connectivity index (χ0n) is 15.4. The Balaban J connectivity index is 1.31. The van der Waals surface area contributed by atoms with E-state index in [-0.39, 0.29) is 0 Å². The van der Waals surface area contributed by atoms with Gasteiger partial charge in [0.15, 0.2) is 0 Å². The molecule has 0 N–H and O–H groups in total. The van der Waals surface area contributed by atoms with Crippen LogP contribution in [-0.2, 0) is 13.1 Å². The van der Waals surface area contributed by atoms with Gasteiger partial charge in [0, 0.05) is 39.3 Å². The lowest BCUT2D eigenvalue weighted by atomic mass is 10.1. The molecule has 0 saturated carbocycles. The number of methoxy groups -OCH3 is 1. The molecule has 134 valence electrons. The van der Waals surface area contributed by atoms with E-state index in [0.29, 0.717) is 0 Å². The van der Waals surface area contributed by atoms with Gasteiger partial charge in [0.05, 0.1) is 7.11 Å². The van der Waals surface area contributed by atoms with Crippen LogP contribution >= 0.6 is 0 Å². The minimum Gasteiger partial charge on any atom is -0.497 e. The summed E-state index contributed by atoms with van der Waals surface area (Å²) in [6.45, 7) is 6.57. The second-order valence-electron chi connectivity index (χ2n) is 7.08. The molecule has 0 bridgehead atoms. The summed E-state index contributed by atoms with van der Waals surface area (Å²) in [5.41, 5.74) is 2.76. The second kappa shape index (κ2) is 7.90. The highest BCUT2D eigenvalue weighted by molar-refractivity contribution is 5.82. The van der Waals surface area contributed by atoms with Gasteiger partial charge in [0.1, 0.15) is 5.75 Å². The lowest BCUT2D eigenvalue weighted by Crippen LogP contribution is -2.45. The number of ether oxygens (including phenoxy) is 1. The zero-order chi connectivity index (χ0) is 17.8. The van der Waals surface area contributed by atoms with Crippen molar-refractivity contribution in [3.8, 4) is 5.75 Å². The van der Waals surface area contributed by atoms with Crippen LogP contribution in [0.2, 0.25) is 0 Å². The maximum absolute atomic E-state index is 5.24. The van der Waals surface area contributed by atoms with Gasteiger partial charge in [-0.1, -0.05) is 48.5 Å². The molecule has 4 rings (SSSR count). The number of rotatable bonds is 5. The highest BCUT2D eigenvalue weighted by Gasteiger charge is 2.17. The molecule has 1 saturated heterocycles. The van der Waals surface area contributed by atoms with Gasteiger partial charge in [0.2, 0.25) is 0 Å². The van der Waals surface area contributed by atoms with Crippen LogP contribution in [0.1, 0.15) is 11.1 Å². The van der Waals surface area contributed by atoms with Gasteiger partial charge in [0.25, 0.3) is 0 Å². The number of fused-ring (bicyclic) bond motifs is 1. The predicted octanol–water partition coefficient (Wildman–Crippen LogP) is 4.17. The van der Waals surface area contributed by atoms with Crippen LogP contribution in [0, 0.1) is 0 Å². The number of hydrogen-bond acceptors (Lipinski definition) is 3. The Morgan fingerprint density at radius 2 is 1.27 bits per heavy atom. The van der Waals surface area contributed by atoms with Crippen LogP contribution in [0.15, 0.2) is 66.7 Å². The Morgan fingerprint density at radius 3 is 1.92 bits per heavy atom. The SMILES string of the molecule is COc1ccc(CN2CCN(Cc3ccc4ccccc4c3)CC2)cc1. The van der Waals surface area contributed by atoms with Crippen molar-refractivity contribution in [2.75, 3.05) is 33.3 Å². The molecule has 3 nitrogen and oxygen atoms in total. The molecule has 3 aromatic rings. The summed E-state index contributed by atoms with van der Waals surface area (Å²) in [5.74, 6) is 0.925. The van der Waals surface area contributed by atoms with Gasteiger partial charge in [-0.05, 0) is 40.1 Å². The monoisotopic (exact) mass is 346 g/mol. The predicted molar refractivity (Wildman–Crippen MR) is 107 cm³/mol. The van der Waals surface area contributed by atoms with E-state index in [4.69, 9.17) is 4.74 Å². The average Bonchev–Trinajstić information content (AvgIpc) is 2.70. The summed E-state index contributed by atoms with van der Waals surface area (Å²) in [6.07, 6.45) is 0. The van der Waals surface area contributed by atoms with Crippen molar-refractivity contribution < 1.29 is 4.74 Å². The molecule has 1 aliphatic heterocycles. The van der Waals surface area contributed by atoms with Crippen molar-refractivity contribution in [1.29, 1.82) is 0 Å². The highest BCUT2D eigenvalue weighted by atomic mass is 16.5. The van der Waals surface area contributed by atoms with E-state index in [2.05, 4.69) is 64.4 Å². The van der Waals surface area contributed by atoms with Crippen molar-refractivity contribution in [1.82, 2.24) is 9.80 Å². The smallest absolute Gasteiger partial charge is 0.118 e. The molecule has 0 unspecified atom stereocenters. The zero-order valence-corrected chi connectivity index (χ0v) is 15.4. The van der Waals surface area contributed by atoms with Crippen LogP contribution in [-0.4, -0.2) is 43.1 Å². The maximum atomic E-state index is 5.24. The van der Waals surface area contributed by atoms with E-state index in [9.17, 15) is 0 Å². The third kappa shape index (κ3) is 4.06. The van der Waals surface area contributed by atoms with E-state index < -0.39 is 0 Å². The molecule has 0 spiro atoms. The molecule has 0 radical (unpaired) electrons. The molecule has 26 heavy (non-hydrogen) atoms. The van der Waals surface area contributed by atoms with Crippen LogP contribution in [0.25, 0.3) is 10.8 Å². The average molecular weight is 346 g/mol. The van der Waals surface area contributed by atoms with Crippen LogP contribution < -0.4 is 4.74 Å². The van der Waals surface area contributed by atoms with Crippen LogP contribution in [0.5, 0.6) is 5.75 Å². The number of nitrogens with zero attached hydrogens (tertiary/aromatic N) is 2.